The molecule has 0 amide bonds. The summed E-state index contributed by atoms with van der Waals surface area (Å²) >= 11 is 0. The maximum Gasteiger partial charge on any atom is 0.419 e. The molecule has 0 aromatic carbocycles. The number of hydrogen-bond acceptors (Lipinski definition) is 3. The fourth-order valence-corrected chi connectivity index (χ4v) is 4.52. The summed E-state index contributed by atoms with van der Waals surface area (Å²) < 4.78 is 51.2. The lowest BCUT2D eigenvalue weighted by atomic mass is 10.0. The van der Waals surface area contributed by atoms with E-state index in [-0.39, 0.29) is 5.82 Å². The topological polar surface area (TPSA) is 33.2 Å². The second-order valence-electron chi connectivity index (χ2n) is 5.23. The van der Waals surface area contributed by atoms with Gasteiger partial charge in [0.15, 0.2) is 0 Å². The van der Waals surface area contributed by atoms with Gasteiger partial charge >= 0.3 is 6.18 Å². The number of pyridine rings is 1. The van der Waals surface area contributed by atoms with Gasteiger partial charge in [0.25, 0.3) is 0 Å². The minimum absolute atomic E-state index is 0.0482. The van der Waals surface area contributed by atoms with E-state index in [1.165, 1.54) is 12.3 Å². The summed E-state index contributed by atoms with van der Waals surface area (Å²) in [5, 5.41) is 0. The van der Waals surface area contributed by atoms with Gasteiger partial charge in [-0.15, -0.1) is 0 Å². The molecule has 21 heavy (non-hydrogen) atoms. The SMILES string of the molecule is CCC1(CC)CN(c2ncccc2C(F)(F)F)CCS1=O. The quantitative estimate of drug-likeness (QED) is 0.857. The molecule has 3 nitrogen and oxygen atoms in total. The molecule has 0 bridgehead atoms. The third-order valence-corrected chi connectivity index (χ3v) is 6.41. The fourth-order valence-electron chi connectivity index (χ4n) is 2.76. The van der Waals surface area contributed by atoms with E-state index in [9.17, 15) is 17.4 Å². The standard InChI is InChI=1S/C14H19F3N2OS/c1-3-13(4-2)10-19(8-9-21(13)20)12-11(14(15,16)17)6-5-7-18-12/h5-7H,3-4,8-10H2,1-2H3. The van der Waals surface area contributed by atoms with Crippen molar-refractivity contribution in [2.24, 2.45) is 0 Å². The smallest absolute Gasteiger partial charge is 0.354 e. The van der Waals surface area contributed by atoms with Gasteiger partial charge in [-0.25, -0.2) is 4.98 Å². The normalized spacial score (nSPS) is 22.3. The molecule has 1 aliphatic heterocycles. The van der Waals surface area contributed by atoms with Crippen LogP contribution in [0.2, 0.25) is 0 Å². The van der Waals surface area contributed by atoms with Crippen LogP contribution in [-0.2, 0) is 17.0 Å². The van der Waals surface area contributed by atoms with Crippen LogP contribution in [0.5, 0.6) is 0 Å². The van der Waals surface area contributed by atoms with Gasteiger partial charge in [0.2, 0.25) is 0 Å². The Kier molecular flexibility index (Phi) is 4.60. The highest BCUT2D eigenvalue weighted by molar-refractivity contribution is 7.86. The molecule has 2 heterocycles. The van der Waals surface area contributed by atoms with Gasteiger partial charge in [-0.3, -0.25) is 4.21 Å². The molecule has 0 spiro atoms. The van der Waals surface area contributed by atoms with E-state index in [4.69, 9.17) is 0 Å². The first-order valence-electron chi connectivity index (χ1n) is 6.99. The van der Waals surface area contributed by atoms with E-state index in [0.717, 1.165) is 6.07 Å². The van der Waals surface area contributed by atoms with E-state index in [1.807, 2.05) is 13.8 Å². The number of halogens is 3. The van der Waals surface area contributed by atoms with Gasteiger partial charge in [0.05, 0.1) is 10.3 Å². The highest BCUT2D eigenvalue weighted by Crippen LogP contribution is 2.38. The average Bonchev–Trinajstić information content (AvgIpc) is 2.47. The molecule has 1 saturated heterocycles. The summed E-state index contributed by atoms with van der Waals surface area (Å²) in [6.07, 6.45) is -1.70. The van der Waals surface area contributed by atoms with Crippen molar-refractivity contribution in [1.82, 2.24) is 4.98 Å². The van der Waals surface area contributed by atoms with Crippen molar-refractivity contribution in [2.75, 3.05) is 23.7 Å². The van der Waals surface area contributed by atoms with Crippen molar-refractivity contribution in [1.29, 1.82) is 0 Å². The summed E-state index contributed by atoms with van der Waals surface area (Å²) in [4.78, 5) is 5.57. The van der Waals surface area contributed by atoms with E-state index in [0.29, 0.717) is 31.7 Å². The van der Waals surface area contributed by atoms with Crippen LogP contribution in [0.1, 0.15) is 32.3 Å². The number of hydrogen-bond donors (Lipinski definition) is 0. The van der Waals surface area contributed by atoms with E-state index in [2.05, 4.69) is 4.98 Å². The first kappa shape index (κ1) is 16.3. The third-order valence-electron chi connectivity index (χ3n) is 4.19. The average molecular weight is 320 g/mol. The van der Waals surface area contributed by atoms with Crippen molar-refractivity contribution in [3.63, 3.8) is 0 Å². The molecule has 1 aromatic heterocycles. The van der Waals surface area contributed by atoms with Crippen LogP contribution >= 0.6 is 0 Å². The molecule has 7 heteroatoms. The molecular formula is C14H19F3N2OS. The van der Waals surface area contributed by atoms with E-state index in [1.54, 1.807) is 4.90 Å². The van der Waals surface area contributed by atoms with Crippen molar-refractivity contribution < 1.29 is 17.4 Å². The zero-order valence-corrected chi connectivity index (χ0v) is 12.9. The van der Waals surface area contributed by atoms with Crippen molar-refractivity contribution in [3.8, 4) is 0 Å². The molecule has 0 aliphatic carbocycles. The van der Waals surface area contributed by atoms with Gasteiger partial charge in [-0.05, 0) is 25.0 Å². The van der Waals surface area contributed by atoms with Crippen LogP contribution in [0.3, 0.4) is 0 Å². The van der Waals surface area contributed by atoms with E-state index < -0.39 is 27.3 Å². The maximum atomic E-state index is 13.1. The van der Waals surface area contributed by atoms with E-state index >= 15 is 0 Å². The summed E-state index contributed by atoms with van der Waals surface area (Å²) in [6, 6.07) is 2.34. The largest absolute Gasteiger partial charge is 0.419 e. The summed E-state index contributed by atoms with van der Waals surface area (Å²) in [5.41, 5.74) is -0.723. The zero-order valence-electron chi connectivity index (χ0n) is 12.1. The second-order valence-corrected chi connectivity index (χ2v) is 7.20. The number of aromatic nitrogens is 1. The Morgan fingerprint density at radius 3 is 2.62 bits per heavy atom. The zero-order chi connectivity index (χ0) is 15.7. The monoisotopic (exact) mass is 320 g/mol. The van der Waals surface area contributed by atoms with Crippen molar-refractivity contribution in [3.05, 3.63) is 23.9 Å². The predicted molar refractivity (Wildman–Crippen MR) is 77.8 cm³/mol. The minimum atomic E-state index is -4.43. The summed E-state index contributed by atoms with van der Waals surface area (Å²) in [6.45, 7) is 4.57. The molecule has 1 unspecified atom stereocenters. The lowest BCUT2D eigenvalue weighted by molar-refractivity contribution is -0.137. The Hall–Kier alpha value is -1.11. The van der Waals surface area contributed by atoms with Crippen molar-refractivity contribution in [2.45, 2.75) is 37.6 Å². The Balaban J connectivity index is 2.38. The Labute approximate surface area is 125 Å². The van der Waals surface area contributed by atoms with Gasteiger partial charge in [-0.1, -0.05) is 13.8 Å². The van der Waals surface area contributed by atoms with Crippen molar-refractivity contribution >= 4 is 16.6 Å². The fraction of sp³-hybridized carbons (Fsp3) is 0.643. The first-order valence-corrected chi connectivity index (χ1v) is 8.31. The molecule has 1 aliphatic rings. The Morgan fingerprint density at radius 1 is 1.38 bits per heavy atom. The van der Waals surface area contributed by atoms with Crippen LogP contribution in [-0.4, -0.2) is 32.8 Å². The lowest BCUT2D eigenvalue weighted by Crippen LogP contribution is -2.53. The van der Waals surface area contributed by atoms with Crippen LogP contribution in [0.4, 0.5) is 19.0 Å². The van der Waals surface area contributed by atoms with Crippen LogP contribution < -0.4 is 4.90 Å². The number of anilines is 1. The lowest BCUT2D eigenvalue weighted by Gasteiger charge is -2.42. The molecule has 1 atom stereocenters. The molecule has 1 aromatic rings. The van der Waals surface area contributed by atoms with Gasteiger partial charge in [0.1, 0.15) is 5.82 Å². The first-order chi connectivity index (χ1) is 9.84. The van der Waals surface area contributed by atoms with Gasteiger partial charge in [-0.2, -0.15) is 13.2 Å². The molecule has 2 rings (SSSR count). The Morgan fingerprint density at radius 2 is 2.05 bits per heavy atom. The van der Waals surface area contributed by atoms with Gasteiger partial charge in [0, 0.05) is 35.8 Å². The molecule has 1 fully saturated rings. The number of nitrogens with zero attached hydrogens (tertiary/aromatic N) is 2. The summed E-state index contributed by atoms with van der Waals surface area (Å²) in [7, 11) is -1.01. The molecule has 0 N–H and O–H groups in total. The minimum Gasteiger partial charge on any atom is -0.354 e. The maximum absolute atomic E-state index is 13.1. The highest BCUT2D eigenvalue weighted by Gasteiger charge is 2.42. The van der Waals surface area contributed by atoms with Crippen LogP contribution in [0.25, 0.3) is 0 Å². The highest BCUT2D eigenvalue weighted by atomic mass is 32.2. The molecule has 0 saturated carbocycles. The second kappa shape index (κ2) is 5.94. The van der Waals surface area contributed by atoms with Crippen LogP contribution in [0, 0.1) is 0 Å². The summed E-state index contributed by atoms with van der Waals surface area (Å²) in [5.74, 6) is 0.336. The van der Waals surface area contributed by atoms with Gasteiger partial charge < -0.3 is 4.90 Å². The third kappa shape index (κ3) is 3.07. The Bertz CT molecular complexity index is 529. The molecule has 118 valence electrons. The predicted octanol–water partition coefficient (Wildman–Crippen LogP) is 3.23. The number of alkyl halides is 3. The molecular weight excluding hydrogens is 301 g/mol. The molecule has 0 radical (unpaired) electrons. The number of rotatable bonds is 3. The van der Waals surface area contributed by atoms with Crippen LogP contribution in [0.15, 0.2) is 18.3 Å².